The summed E-state index contributed by atoms with van der Waals surface area (Å²) in [5.74, 6) is 0.937. The predicted molar refractivity (Wildman–Crippen MR) is 150 cm³/mol. The first-order chi connectivity index (χ1) is 16.3. The summed E-state index contributed by atoms with van der Waals surface area (Å²) in [4.78, 5) is 0. The van der Waals surface area contributed by atoms with Crippen LogP contribution in [-0.2, 0) is 0 Å². The first-order valence-corrected chi connectivity index (χ1v) is 17.0. The molecular weight excluding hydrogens is 434 g/mol. The second-order valence-corrected chi connectivity index (χ2v) is 16.6. The van der Waals surface area contributed by atoms with Crippen molar-refractivity contribution in [3.8, 4) is 0 Å². The maximum absolute atomic E-state index is 2.66. The van der Waals surface area contributed by atoms with Crippen molar-refractivity contribution in [1.82, 2.24) is 0 Å². The van der Waals surface area contributed by atoms with Gasteiger partial charge in [0.05, 0.1) is 0 Å². The van der Waals surface area contributed by atoms with Crippen molar-refractivity contribution >= 4 is 26.5 Å². The zero-order chi connectivity index (χ0) is 22.5. The quantitative estimate of drug-likeness (QED) is 0.349. The first-order valence-electron chi connectivity index (χ1n) is 14.0. The Bertz CT molecular complexity index is 765. The standard InChI is InChI=1S/C31H44P2/c1-25(32(26-15-6-2-7-16-26)27-17-8-3-9-18-27)30-23-14-24-31(30)33(28-19-10-4-11-20-28)29-21-12-5-13-22-29/h2-3,6-9,15-18,25,28-31H,4-5,10-14,19-24H2,1H3. The monoisotopic (exact) mass is 478 g/mol. The van der Waals surface area contributed by atoms with E-state index in [2.05, 4.69) is 67.6 Å². The molecular formula is C31H44P2. The van der Waals surface area contributed by atoms with Gasteiger partial charge in [-0.25, -0.2) is 0 Å². The molecule has 3 saturated carbocycles. The molecule has 0 nitrogen and oxygen atoms in total. The van der Waals surface area contributed by atoms with Gasteiger partial charge in [0.15, 0.2) is 0 Å². The van der Waals surface area contributed by atoms with Crippen LogP contribution < -0.4 is 10.6 Å². The first kappa shape index (κ1) is 24.0. The minimum atomic E-state index is -0.299. The van der Waals surface area contributed by atoms with Crippen LogP contribution in [0.3, 0.4) is 0 Å². The molecule has 3 aliphatic carbocycles. The summed E-state index contributed by atoms with van der Waals surface area (Å²) >= 11 is 0. The zero-order valence-electron chi connectivity index (χ0n) is 20.7. The van der Waals surface area contributed by atoms with Gasteiger partial charge in [0.25, 0.3) is 0 Å². The van der Waals surface area contributed by atoms with Gasteiger partial charge < -0.3 is 0 Å². The highest BCUT2D eigenvalue weighted by molar-refractivity contribution is 7.73. The summed E-state index contributed by atoms with van der Waals surface area (Å²) in [5, 5.41) is 3.19. The Hall–Kier alpha value is -0.700. The second-order valence-electron chi connectivity index (χ2n) is 11.0. The van der Waals surface area contributed by atoms with Gasteiger partial charge in [-0.05, 0) is 85.6 Å². The molecule has 0 spiro atoms. The van der Waals surface area contributed by atoms with Gasteiger partial charge >= 0.3 is 0 Å². The molecule has 3 unspecified atom stereocenters. The van der Waals surface area contributed by atoms with Gasteiger partial charge in [0.1, 0.15) is 0 Å². The van der Waals surface area contributed by atoms with Crippen LogP contribution in [0.15, 0.2) is 60.7 Å². The van der Waals surface area contributed by atoms with E-state index in [0.29, 0.717) is 0 Å². The lowest BCUT2D eigenvalue weighted by Gasteiger charge is -2.46. The van der Waals surface area contributed by atoms with Crippen LogP contribution in [0.5, 0.6) is 0 Å². The molecule has 5 rings (SSSR count). The van der Waals surface area contributed by atoms with Gasteiger partial charge in [-0.3, -0.25) is 0 Å². The van der Waals surface area contributed by atoms with Crippen LogP contribution in [0.25, 0.3) is 0 Å². The fourth-order valence-corrected chi connectivity index (χ4v) is 15.5. The van der Waals surface area contributed by atoms with E-state index < -0.39 is 0 Å². The van der Waals surface area contributed by atoms with E-state index in [9.17, 15) is 0 Å². The molecule has 0 radical (unpaired) electrons. The lowest BCUT2D eigenvalue weighted by Crippen LogP contribution is -2.34. The van der Waals surface area contributed by atoms with Crippen molar-refractivity contribution in [2.24, 2.45) is 5.92 Å². The van der Waals surface area contributed by atoms with Crippen molar-refractivity contribution < 1.29 is 0 Å². The van der Waals surface area contributed by atoms with Crippen molar-refractivity contribution in [2.75, 3.05) is 0 Å². The normalized spacial score (nSPS) is 26.2. The van der Waals surface area contributed by atoms with Crippen molar-refractivity contribution in [2.45, 2.75) is 113 Å². The minimum Gasteiger partial charge on any atom is -0.0968 e. The fraction of sp³-hybridized carbons (Fsp3) is 0.613. The van der Waals surface area contributed by atoms with Crippen LogP contribution in [-0.4, -0.2) is 22.6 Å². The van der Waals surface area contributed by atoms with Crippen LogP contribution in [0.2, 0.25) is 0 Å². The molecule has 3 fully saturated rings. The molecule has 2 heteroatoms. The summed E-state index contributed by atoms with van der Waals surface area (Å²) in [6.07, 6.45) is 19.8. The summed E-state index contributed by atoms with van der Waals surface area (Å²) in [5.41, 5.74) is 4.01. The van der Waals surface area contributed by atoms with Gasteiger partial charge in [-0.2, -0.15) is 0 Å². The highest BCUT2D eigenvalue weighted by atomic mass is 31.1. The van der Waals surface area contributed by atoms with Gasteiger partial charge in [0, 0.05) is 0 Å². The molecule has 0 aliphatic heterocycles. The van der Waals surface area contributed by atoms with Crippen molar-refractivity contribution in [1.29, 1.82) is 0 Å². The molecule has 3 aliphatic rings. The van der Waals surface area contributed by atoms with E-state index in [1.807, 2.05) is 0 Å². The highest BCUT2D eigenvalue weighted by Crippen LogP contribution is 2.65. The maximum Gasteiger partial charge on any atom is -0.0123 e. The van der Waals surface area contributed by atoms with Crippen LogP contribution >= 0.6 is 15.8 Å². The maximum atomic E-state index is 2.66. The molecule has 3 atom stereocenters. The number of rotatable bonds is 7. The summed E-state index contributed by atoms with van der Waals surface area (Å²) in [7, 11) is -0.121. The lowest BCUT2D eigenvalue weighted by atomic mass is 9.99. The Morgan fingerprint density at radius 3 is 1.55 bits per heavy atom. The Morgan fingerprint density at radius 1 is 0.576 bits per heavy atom. The summed E-state index contributed by atoms with van der Waals surface area (Å²) < 4.78 is 0. The number of benzene rings is 2. The third-order valence-corrected chi connectivity index (χ3v) is 16.0. The Morgan fingerprint density at radius 2 is 1.06 bits per heavy atom. The molecule has 33 heavy (non-hydrogen) atoms. The SMILES string of the molecule is CC(C1CCCC1P(C1CCCCC1)C1CCCCC1)P(c1ccccc1)c1ccccc1. The topological polar surface area (TPSA) is 0 Å². The highest BCUT2D eigenvalue weighted by Gasteiger charge is 2.44. The average Bonchev–Trinajstić information content (AvgIpc) is 3.36. The molecule has 178 valence electrons. The van der Waals surface area contributed by atoms with E-state index in [4.69, 9.17) is 0 Å². The van der Waals surface area contributed by atoms with E-state index in [1.54, 1.807) is 42.7 Å². The van der Waals surface area contributed by atoms with Crippen LogP contribution in [0.4, 0.5) is 0 Å². The van der Waals surface area contributed by atoms with Gasteiger partial charge in [-0.15, -0.1) is 0 Å². The smallest absolute Gasteiger partial charge is 0.0123 e. The van der Waals surface area contributed by atoms with Crippen LogP contribution in [0.1, 0.15) is 90.4 Å². The number of hydrogen-bond acceptors (Lipinski definition) is 0. The molecule has 2 aromatic carbocycles. The van der Waals surface area contributed by atoms with Crippen molar-refractivity contribution in [3.63, 3.8) is 0 Å². The largest absolute Gasteiger partial charge is 0.0968 e. The van der Waals surface area contributed by atoms with E-state index >= 15 is 0 Å². The average molecular weight is 479 g/mol. The number of hydrogen-bond donors (Lipinski definition) is 0. The van der Waals surface area contributed by atoms with E-state index in [1.165, 1.54) is 51.4 Å². The molecule has 2 aromatic rings. The van der Waals surface area contributed by atoms with Crippen molar-refractivity contribution in [3.05, 3.63) is 60.7 Å². The molecule has 0 bridgehead atoms. The third-order valence-electron chi connectivity index (χ3n) is 9.00. The zero-order valence-corrected chi connectivity index (χ0v) is 22.5. The molecule has 0 saturated heterocycles. The third kappa shape index (κ3) is 5.60. The minimum absolute atomic E-state index is 0.178. The molecule has 0 heterocycles. The van der Waals surface area contributed by atoms with Crippen LogP contribution in [0, 0.1) is 5.92 Å². The molecule has 0 N–H and O–H groups in total. The Balaban J connectivity index is 1.45. The molecule has 0 aromatic heterocycles. The second kappa shape index (κ2) is 11.8. The Kier molecular flexibility index (Phi) is 8.60. The summed E-state index contributed by atoms with van der Waals surface area (Å²) in [6.45, 7) is 2.66. The van der Waals surface area contributed by atoms with E-state index in [0.717, 1.165) is 28.6 Å². The summed E-state index contributed by atoms with van der Waals surface area (Å²) in [6, 6.07) is 23.1. The Labute approximate surface area is 205 Å². The van der Waals surface area contributed by atoms with Gasteiger partial charge in [-0.1, -0.05) is 120 Å². The molecule has 0 amide bonds. The predicted octanol–water partition coefficient (Wildman–Crippen LogP) is 8.82. The van der Waals surface area contributed by atoms with E-state index in [-0.39, 0.29) is 15.8 Å². The van der Waals surface area contributed by atoms with Gasteiger partial charge in [0.2, 0.25) is 0 Å². The fourth-order valence-electron chi connectivity index (χ4n) is 7.49. The lowest BCUT2D eigenvalue weighted by molar-refractivity contribution is 0.469.